The summed E-state index contributed by atoms with van der Waals surface area (Å²) in [5.74, 6) is 0.478. The molecule has 0 saturated carbocycles. The highest BCUT2D eigenvalue weighted by atomic mass is 19.4. The van der Waals surface area contributed by atoms with Crippen LogP contribution in [0.2, 0.25) is 0 Å². The van der Waals surface area contributed by atoms with E-state index in [0.29, 0.717) is 51.0 Å². The fourth-order valence-electron chi connectivity index (χ4n) is 6.67. The topological polar surface area (TPSA) is 54.5 Å². The molecule has 10 heteroatoms. The van der Waals surface area contributed by atoms with Crippen molar-refractivity contribution in [1.82, 2.24) is 14.5 Å². The summed E-state index contributed by atoms with van der Waals surface area (Å²) in [6, 6.07) is 42.2. The van der Waals surface area contributed by atoms with E-state index >= 15 is 0 Å². The Bertz CT molecular complexity index is 2650. The molecule has 0 aliphatic carbocycles. The molecule has 0 radical (unpaired) electrons. The number of rotatable bonds is 5. The second-order valence-electron chi connectivity index (χ2n) is 12.4. The van der Waals surface area contributed by atoms with Gasteiger partial charge in [0.15, 0.2) is 5.82 Å². The summed E-state index contributed by atoms with van der Waals surface area (Å²) in [5.41, 5.74) is 2.40. The van der Waals surface area contributed by atoms with Crippen molar-refractivity contribution in [2.75, 3.05) is 0 Å². The number of para-hydroxylation sites is 1. The van der Waals surface area contributed by atoms with Crippen LogP contribution in [0.5, 0.6) is 0 Å². The Balaban J connectivity index is 1.31. The van der Waals surface area contributed by atoms with Crippen LogP contribution in [0.4, 0.5) is 26.3 Å². The van der Waals surface area contributed by atoms with Crippen LogP contribution in [-0.4, -0.2) is 14.5 Å². The summed E-state index contributed by atoms with van der Waals surface area (Å²) in [7, 11) is 0. The summed E-state index contributed by atoms with van der Waals surface area (Å²) in [4.78, 5) is 9.69. The molecule has 0 aliphatic heterocycles. The van der Waals surface area contributed by atoms with Gasteiger partial charge in [-0.05, 0) is 59.7 Å². The SMILES string of the molecule is N#Cc1cc(-n2c3ccccc3c3ccc(-c4ccc(C(F)(F)F)cc4C(F)(F)F)cc32)ccc1-c1cc(-c2ccccc2)nc(-c2ccccc2)n1. The lowest BCUT2D eigenvalue weighted by molar-refractivity contribution is -0.142. The number of aromatic nitrogens is 3. The van der Waals surface area contributed by atoms with Crippen molar-refractivity contribution >= 4 is 21.8 Å². The van der Waals surface area contributed by atoms with Crippen LogP contribution >= 0.6 is 0 Å². The Labute approximate surface area is 298 Å². The van der Waals surface area contributed by atoms with Gasteiger partial charge in [-0.1, -0.05) is 97.1 Å². The molecular formula is C43H24F6N4. The van der Waals surface area contributed by atoms with Crippen molar-refractivity contribution in [3.63, 3.8) is 0 Å². The Morgan fingerprint density at radius 1 is 0.509 bits per heavy atom. The molecule has 2 heterocycles. The smallest absolute Gasteiger partial charge is 0.309 e. The molecule has 0 fully saturated rings. The second-order valence-corrected chi connectivity index (χ2v) is 12.4. The molecule has 8 rings (SSSR count). The standard InChI is InChI=1S/C43H24F6N4/c44-42(45,46)30-16-19-32(36(23-30)43(47,48)49)28-15-18-35-34-13-7-8-14-39(34)53(40(35)22-28)31-17-20-33(29(21-31)25-50)38-24-37(26-9-3-1-4-10-26)51-41(52-38)27-11-5-2-6-12-27/h1-24H. The third-order valence-electron chi connectivity index (χ3n) is 9.12. The normalized spacial score (nSPS) is 11.9. The van der Waals surface area contributed by atoms with E-state index in [1.165, 1.54) is 12.1 Å². The summed E-state index contributed by atoms with van der Waals surface area (Å²) >= 11 is 0. The lowest BCUT2D eigenvalue weighted by Gasteiger charge is -2.17. The van der Waals surface area contributed by atoms with Crippen LogP contribution in [-0.2, 0) is 12.4 Å². The molecular weight excluding hydrogens is 686 g/mol. The lowest BCUT2D eigenvalue weighted by atomic mass is 9.96. The van der Waals surface area contributed by atoms with Crippen LogP contribution in [0.25, 0.3) is 72.5 Å². The molecule has 8 aromatic rings. The van der Waals surface area contributed by atoms with Crippen molar-refractivity contribution in [3.8, 4) is 56.8 Å². The van der Waals surface area contributed by atoms with Gasteiger partial charge < -0.3 is 4.57 Å². The molecule has 2 aromatic heterocycles. The lowest BCUT2D eigenvalue weighted by Crippen LogP contribution is -2.12. The van der Waals surface area contributed by atoms with E-state index in [0.717, 1.165) is 28.1 Å². The average molecular weight is 711 g/mol. The van der Waals surface area contributed by atoms with Gasteiger partial charge in [-0.2, -0.15) is 31.6 Å². The molecule has 0 spiro atoms. The van der Waals surface area contributed by atoms with Crippen molar-refractivity contribution in [2.24, 2.45) is 0 Å². The summed E-state index contributed by atoms with van der Waals surface area (Å²) in [6.07, 6.45) is -9.99. The van der Waals surface area contributed by atoms with Gasteiger partial charge in [-0.15, -0.1) is 0 Å². The van der Waals surface area contributed by atoms with Gasteiger partial charge in [0.2, 0.25) is 0 Å². The van der Waals surface area contributed by atoms with E-state index in [2.05, 4.69) is 6.07 Å². The van der Waals surface area contributed by atoms with E-state index in [4.69, 9.17) is 9.97 Å². The van der Waals surface area contributed by atoms with Gasteiger partial charge in [-0.25, -0.2) is 9.97 Å². The van der Waals surface area contributed by atoms with Crippen LogP contribution < -0.4 is 0 Å². The van der Waals surface area contributed by atoms with Crippen molar-refractivity contribution < 1.29 is 26.3 Å². The molecule has 0 atom stereocenters. The Morgan fingerprint density at radius 2 is 1.15 bits per heavy atom. The molecule has 258 valence electrons. The minimum Gasteiger partial charge on any atom is -0.309 e. The van der Waals surface area contributed by atoms with Gasteiger partial charge in [0.05, 0.1) is 45.2 Å². The average Bonchev–Trinajstić information content (AvgIpc) is 3.51. The summed E-state index contributed by atoms with van der Waals surface area (Å²) in [6.45, 7) is 0. The van der Waals surface area contributed by atoms with Gasteiger partial charge in [-0.3, -0.25) is 0 Å². The number of hydrogen-bond acceptors (Lipinski definition) is 3. The Kier molecular flexibility index (Phi) is 8.07. The molecule has 6 aromatic carbocycles. The number of fused-ring (bicyclic) bond motifs is 3. The van der Waals surface area contributed by atoms with E-state index in [-0.39, 0.29) is 17.2 Å². The molecule has 53 heavy (non-hydrogen) atoms. The van der Waals surface area contributed by atoms with Crippen molar-refractivity contribution in [3.05, 3.63) is 162 Å². The summed E-state index contributed by atoms with van der Waals surface area (Å²) in [5, 5.41) is 12.0. The predicted molar refractivity (Wildman–Crippen MR) is 193 cm³/mol. The highest BCUT2D eigenvalue weighted by Crippen LogP contribution is 2.43. The first-order chi connectivity index (χ1) is 25.5. The minimum atomic E-state index is -5.04. The quantitative estimate of drug-likeness (QED) is 0.167. The number of alkyl halides is 6. The number of benzene rings is 6. The number of nitrogens with zero attached hydrogens (tertiary/aromatic N) is 4. The zero-order valence-electron chi connectivity index (χ0n) is 27.4. The van der Waals surface area contributed by atoms with E-state index in [1.807, 2.05) is 95.6 Å². The van der Waals surface area contributed by atoms with E-state index in [9.17, 15) is 31.6 Å². The molecule has 0 amide bonds. The molecule has 0 bridgehead atoms. The molecule has 0 N–H and O–H groups in total. The molecule has 0 aliphatic rings. The van der Waals surface area contributed by atoms with E-state index < -0.39 is 23.5 Å². The fourth-order valence-corrected chi connectivity index (χ4v) is 6.67. The number of nitriles is 1. The van der Waals surface area contributed by atoms with Crippen LogP contribution in [0.1, 0.15) is 16.7 Å². The molecule has 4 nitrogen and oxygen atoms in total. The number of halogens is 6. The minimum absolute atomic E-state index is 0.0857. The molecule has 0 unspecified atom stereocenters. The maximum Gasteiger partial charge on any atom is 0.417 e. The van der Waals surface area contributed by atoms with Gasteiger partial charge in [0, 0.05) is 33.2 Å². The Hall–Kier alpha value is -6.73. The molecule has 0 saturated heterocycles. The second kappa shape index (κ2) is 12.8. The monoisotopic (exact) mass is 710 g/mol. The predicted octanol–water partition coefficient (Wildman–Crippen LogP) is 12.2. The van der Waals surface area contributed by atoms with Gasteiger partial charge >= 0.3 is 12.4 Å². The fraction of sp³-hybridized carbons (Fsp3) is 0.0465. The van der Waals surface area contributed by atoms with Gasteiger partial charge in [0.25, 0.3) is 0 Å². The first-order valence-electron chi connectivity index (χ1n) is 16.4. The van der Waals surface area contributed by atoms with Gasteiger partial charge in [0.1, 0.15) is 0 Å². The third-order valence-corrected chi connectivity index (χ3v) is 9.12. The van der Waals surface area contributed by atoms with Crippen molar-refractivity contribution in [2.45, 2.75) is 12.4 Å². The third kappa shape index (κ3) is 6.16. The van der Waals surface area contributed by atoms with Crippen LogP contribution in [0, 0.1) is 11.3 Å². The summed E-state index contributed by atoms with van der Waals surface area (Å²) < 4.78 is 84.8. The maximum atomic E-state index is 14.2. The first-order valence-corrected chi connectivity index (χ1v) is 16.4. The van der Waals surface area contributed by atoms with Crippen LogP contribution in [0.3, 0.4) is 0 Å². The van der Waals surface area contributed by atoms with Crippen LogP contribution in [0.15, 0.2) is 146 Å². The van der Waals surface area contributed by atoms with E-state index in [1.54, 1.807) is 24.3 Å². The maximum absolute atomic E-state index is 14.2. The number of hydrogen-bond donors (Lipinski definition) is 0. The van der Waals surface area contributed by atoms with Crippen molar-refractivity contribution in [1.29, 1.82) is 5.26 Å². The largest absolute Gasteiger partial charge is 0.417 e. The zero-order chi connectivity index (χ0) is 36.9. The highest BCUT2D eigenvalue weighted by molar-refractivity contribution is 6.10. The zero-order valence-corrected chi connectivity index (χ0v) is 27.4. The first kappa shape index (κ1) is 33.4. The Morgan fingerprint density at radius 3 is 1.85 bits per heavy atom. The highest BCUT2D eigenvalue weighted by Gasteiger charge is 2.38.